The molecule has 0 fully saturated rings. The number of rotatable bonds is 17. The molecule has 160 valence electrons. The summed E-state index contributed by atoms with van der Waals surface area (Å²) in [6.45, 7) is 1.73. The van der Waals surface area contributed by atoms with Gasteiger partial charge in [0.05, 0.1) is 6.61 Å². The van der Waals surface area contributed by atoms with Crippen LogP contribution in [0.5, 0.6) is 0 Å². The number of carbonyl (C=O) groups is 2. The van der Waals surface area contributed by atoms with Gasteiger partial charge in [0.2, 0.25) is 0 Å². The Morgan fingerprint density at radius 1 is 0.929 bits per heavy atom. The molecule has 1 rings (SSSR count). The lowest BCUT2D eigenvalue weighted by Gasteiger charge is -2.03. The predicted molar refractivity (Wildman–Crippen MR) is 111 cm³/mol. The normalized spacial score (nSPS) is 16.9. The summed E-state index contributed by atoms with van der Waals surface area (Å²) in [5, 5.41) is 18.7. The van der Waals surface area contributed by atoms with E-state index in [0.29, 0.717) is 6.42 Å². The van der Waals surface area contributed by atoms with Crippen LogP contribution in [0, 0.1) is 0 Å². The van der Waals surface area contributed by atoms with Gasteiger partial charge in [0.1, 0.15) is 5.57 Å². The number of ether oxygens (including phenoxy) is 1. The van der Waals surface area contributed by atoms with E-state index in [1.165, 1.54) is 44.9 Å². The Morgan fingerprint density at radius 3 is 2.00 bits per heavy atom. The molecule has 0 unspecified atom stereocenters. The molecule has 1 heterocycles. The van der Waals surface area contributed by atoms with Crippen LogP contribution >= 0.6 is 0 Å². The van der Waals surface area contributed by atoms with Crippen molar-refractivity contribution >= 4 is 11.8 Å². The number of esters is 1. The van der Waals surface area contributed by atoms with E-state index in [1.807, 2.05) is 0 Å². The Morgan fingerprint density at radius 2 is 1.46 bits per heavy atom. The van der Waals surface area contributed by atoms with Gasteiger partial charge in [-0.15, -0.1) is 0 Å². The van der Waals surface area contributed by atoms with Crippen molar-refractivity contribution in [1.82, 2.24) is 0 Å². The number of ketones is 1. The third kappa shape index (κ3) is 9.54. The smallest absolute Gasteiger partial charge is 0.346 e. The third-order valence-electron chi connectivity index (χ3n) is 5.12. The molecule has 0 radical (unpaired) electrons. The Kier molecular flexibility index (Phi) is 13.4. The van der Waals surface area contributed by atoms with E-state index in [1.54, 1.807) is 0 Å². The second kappa shape index (κ2) is 15.3. The van der Waals surface area contributed by atoms with Crippen molar-refractivity contribution in [2.45, 2.75) is 103 Å². The molecular weight excluding hydrogens is 356 g/mol. The number of hydrogen-bond acceptors (Lipinski definition) is 5. The summed E-state index contributed by atoms with van der Waals surface area (Å²) >= 11 is 0. The minimum atomic E-state index is -1.08. The fourth-order valence-electron chi connectivity index (χ4n) is 3.37. The van der Waals surface area contributed by atoms with Gasteiger partial charge in [-0.3, -0.25) is 4.79 Å². The number of aliphatic hydroxyl groups is 2. The van der Waals surface area contributed by atoms with Crippen molar-refractivity contribution in [3.63, 3.8) is 0 Å². The molecule has 0 aromatic carbocycles. The van der Waals surface area contributed by atoms with Crippen LogP contribution < -0.4 is 0 Å². The molecule has 0 saturated heterocycles. The van der Waals surface area contributed by atoms with E-state index in [2.05, 4.69) is 19.1 Å². The first-order valence-electron chi connectivity index (χ1n) is 11.0. The second-order valence-corrected chi connectivity index (χ2v) is 7.59. The quantitative estimate of drug-likeness (QED) is 0.151. The third-order valence-corrected chi connectivity index (χ3v) is 5.12. The molecule has 0 amide bonds. The van der Waals surface area contributed by atoms with Crippen molar-refractivity contribution in [1.29, 1.82) is 0 Å². The van der Waals surface area contributed by atoms with Gasteiger partial charge in [0.15, 0.2) is 17.6 Å². The molecule has 0 bridgehead atoms. The maximum Gasteiger partial charge on any atom is 0.346 e. The van der Waals surface area contributed by atoms with Gasteiger partial charge in [0, 0.05) is 6.42 Å². The molecule has 0 aliphatic carbocycles. The number of allylic oxidation sites excluding steroid dienone is 2. The van der Waals surface area contributed by atoms with Gasteiger partial charge in [-0.05, 0) is 32.1 Å². The van der Waals surface area contributed by atoms with Gasteiger partial charge in [-0.1, -0.05) is 70.4 Å². The SMILES string of the molecule is CCCCCCCC/C=C/CCCCCCCC(=O)C1=C(O)[C@@H](CO)OC1=O. The molecule has 0 saturated carbocycles. The van der Waals surface area contributed by atoms with Crippen LogP contribution in [-0.2, 0) is 14.3 Å². The van der Waals surface area contributed by atoms with Gasteiger partial charge in [0.25, 0.3) is 0 Å². The Hall–Kier alpha value is -1.62. The van der Waals surface area contributed by atoms with Crippen LogP contribution in [0.15, 0.2) is 23.5 Å². The molecule has 5 nitrogen and oxygen atoms in total. The lowest BCUT2D eigenvalue weighted by atomic mass is 10.0. The van der Waals surface area contributed by atoms with Gasteiger partial charge >= 0.3 is 5.97 Å². The topological polar surface area (TPSA) is 83.8 Å². The van der Waals surface area contributed by atoms with Crippen LogP contribution in [0.3, 0.4) is 0 Å². The zero-order valence-corrected chi connectivity index (χ0v) is 17.5. The molecule has 1 atom stereocenters. The zero-order valence-electron chi connectivity index (χ0n) is 17.5. The van der Waals surface area contributed by atoms with Crippen molar-refractivity contribution in [2.24, 2.45) is 0 Å². The fraction of sp³-hybridized carbons (Fsp3) is 0.739. The van der Waals surface area contributed by atoms with Gasteiger partial charge in [-0.2, -0.15) is 0 Å². The monoisotopic (exact) mass is 394 g/mol. The van der Waals surface area contributed by atoms with E-state index in [0.717, 1.165) is 32.1 Å². The Bertz CT molecular complexity index is 521. The highest BCUT2D eigenvalue weighted by molar-refractivity contribution is 6.19. The molecule has 0 aromatic heterocycles. The predicted octanol–water partition coefficient (Wildman–Crippen LogP) is 5.32. The van der Waals surface area contributed by atoms with Crippen molar-refractivity contribution < 1.29 is 24.5 Å². The molecule has 28 heavy (non-hydrogen) atoms. The molecule has 1 aliphatic rings. The largest absolute Gasteiger partial charge is 0.507 e. The number of carbonyl (C=O) groups excluding carboxylic acids is 2. The summed E-state index contributed by atoms with van der Waals surface area (Å²) in [6.07, 6.45) is 19.1. The van der Waals surface area contributed by atoms with Crippen LogP contribution in [0.25, 0.3) is 0 Å². The Labute approximate surface area is 169 Å². The number of cyclic esters (lactones) is 1. The molecule has 1 aliphatic heterocycles. The van der Waals surface area contributed by atoms with Crippen LogP contribution in [0.2, 0.25) is 0 Å². The average molecular weight is 395 g/mol. The van der Waals surface area contributed by atoms with E-state index < -0.39 is 30.2 Å². The standard InChI is InChI=1S/C23H38O5/c1-2-3-4-5-6-7-8-9-10-11-12-13-14-15-16-17-19(25)21-22(26)20(18-24)28-23(21)27/h9-10,20,24,26H,2-8,11-18H2,1H3/b10-9+/t20-/m1/s1. The first-order chi connectivity index (χ1) is 13.6. The van der Waals surface area contributed by atoms with Crippen LogP contribution in [0.4, 0.5) is 0 Å². The highest BCUT2D eigenvalue weighted by Crippen LogP contribution is 2.23. The molecular formula is C23H38O5. The minimum absolute atomic E-state index is 0.227. The number of aliphatic hydroxyl groups excluding tert-OH is 2. The zero-order chi connectivity index (χ0) is 20.6. The van der Waals surface area contributed by atoms with E-state index in [-0.39, 0.29) is 12.0 Å². The summed E-state index contributed by atoms with van der Waals surface area (Å²) in [4.78, 5) is 23.6. The molecule has 5 heteroatoms. The first-order valence-corrected chi connectivity index (χ1v) is 11.0. The van der Waals surface area contributed by atoms with Crippen molar-refractivity contribution in [3.8, 4) is 0 Å². The van der Waals surface area contributed by atoms with Gasteiger partial charge < -0.3 is 14.9 Å². The molecule has 0 aromatic rings. The second-order valence-electron chi connectivity index (χ2n) is 7.59. The van der Waals surface area contributed by atoms with E-state index in [4.69, 9.17) is 9.84 Å². The van der Waals surface area contributed by atoms with E-state index in [9.17, 15) is 14.7 Å². The number of hydrogen-bond donors (Lipinski definition) is 2. The summed E-state index contributed by atoms with van der Waals surface area (Å²) in [7, 11) is 0. The lowest BCUT2D eigenvalue weighted by molar-refractivity contribution is -0.142. The summed E-state index contributed by atoms with van der Waals surface area (Å²) in [5.74, 6) is -1.64. The maximum absolute atomic E-state index is 12.1. The minimum Gasteiger partial charge on any atom is -0.507 e. The fourth-order valence-corrected chi connectivity index (χ4v) is 3.37. The first kappa shape index (κ1) is 24.4. The van der Waals surface area contributed by atoms with Crippen LogP contribution in [-0.4, -0.2) is 34.7 Å². The maximum atomic E-state index is 12.1. The van der Waals surface area contributed by atoms with Crippen molar-refractivity contribution in [3.05, 3.63) is 23.5 Å². The van der Waals surface area contributed by atoms with Crippen LogP contribution in [0.1, 0.15) is 96.8 Å². The average Bonchev–Trinajstić information content (AvgIpc) is 2.98. The highest BCUT2D eigenvalue weighted by Gasteiger charge is 2.37. The summed E-state index contributed by atoms with van der Waals surface area (Å²) < 4.78 is 4.74. The summed E-state index contributed by atoms with van der Waals surface area (Å²) in [6, 6.07) is 0. The summed E-state index contributed by atoms with van der Waals surface area (Å²) in [5.41, 5.74) is -0.283. The Balaban J connectivity index is 1.98. The molecule has 0 spiro atoms. The number of unbranched alkanes of at least 4 members (excludes halogenated alkanes) is 11. The highest BCUT2D eigenvalue weighted by atomic mass is 16.6. The molecule has 2 N–H and O–H groups in total. The number of Topliss-reactive ketones (excluding diaryl/α,β-unsaturated/α-hetero) is 1. The van der Waals surface area contributed by atoms with Gasteiger partial charge in [-0.25, -0.2) is 4.79 Å². The van der Waals surface area contributed by atoms with Crippen molar-refractivity contribution in [2.75, 3.05) is 6.61 Å². The van der Waals surface area contributed by atoms with E-state index >= 15 is 0 Å². The lowest BCUT2D eigenvalue weighted by Crippen LogP contribution is -2.15.